The van der Waals surface area contributed by atoms with Crippen molar-refractivity contribution in [1.29, 1.82) is 0 Å². The van der Waals surface area contributed by atoms with Crippen molar-refractivity contribution in [2.75, 3.05) is 6.54 Å². The summed E-state index contributed by atoms with van der Waals surface area (Å²) in [5, 5.41) is 9.29. The third-order valence-corrected chi connectivity index (χ3v) is 4.13. The van der Waals surface area contributed by atoms with Gasteiger partial charge < -0.3 is 10.0 Å². The molecule has 5 heteroatoms. The second-order valence-electron chi connectivity index (χ2n) is 5.06. The summed E-state index contributed by atoms with van der Waals surface area (Å²) in [4.78, 5) is 25.0. The lowest BCUT2D eigenvalue weighted by atomic mass is 9.99. The molecular weight excluding hydrogens is 322 g/mol. The predicted octanol–water partition coefficient (Wildman–Crippen LogP) is 2.93. The van der Waals surface area contributed by atoms with Crippen molar-refractivity contribution >= 4 is 33.9 Å². The second-order valence-corrected chi connectivity index (χ2v) is 5.98. The van der Waals surface area contributed by atoms with E-state index >= 15 is 0 Å². The molecule has 0 spiro atoms. The van der Waals surface area contributed by atoms with E-state index < -0.39 is 11.5 Å². The minimum atomic E-state index is -1.08. The molecule has 1 fully saturated rings. The fourth-order valence-corrected chi connectivity index (χ4v) is 2.82. The van der Waals surface area contributed by atoms with Gasteiger partial charge in [0.1, 0.15) is 5.54 Å². The Kier molecular flexibility index (Phi) is 4.28. The lowest BCUT2D eigenvalue weighted by Crippen LogP contribution is -2.50. The molecule has 106 valence electrons. The molecule has 20 heavy (non-hydrogen) atoms. The van der Waals surface area contributed by atoms with Crippen molar-refractivity contribution in [2.45, 2.75) is 25.3 Å². The van der Waals surface area contributed by atoms with Crippen LogP contribution >= 0.6 is 15.9 Å². The van der Waals surface area contributed by atoms with Gasteiger partial charge in [-0.3, -0.25) is 4.79 Å². The van der Waals surface area contributed by atoms with E-state index in [1.54, 1.807) is 13.0 Å². The third-order valence-electron chi connectivity index (χ3n) is 3.63. The summed E-state index contributed by atoms with van der Waals surface area (Å²) >= 11 is 3.37. The van der Waals surface area contributed by atoms with Crippen LogP contribution in [-0.2, 0) is 9.59 Å². The van der Waals surface area contributed by atoms with Crippen molar-refractivity contribution < 1.29 is 14.7 Å². The maximum atomic E-state index is 12.2. The van der Waals surface area contributed by atoms with Gasteiger partial charge in [-0.05, 0) is 43.5 Å². The Hall–Kier alpha value is -1.62. The molecule has 1 aliphatic rings. The number of benzene rings is 1. The van der Waals surface area contributed by atoms with Gasteiger partial charge in [-0.25, -0.2) is 4.79 Å². The zero-order valence-corrected chi connectivity index (χ0v) is 12.8. The van der Waals surface area contributed by atoms with Crippen LogP contribution < -0.4 is 0 Å². The van der Waals surface area contributed by atoms with Crippen molar-refractivity contribution in [3.63, 3.8) is 0 Å². The number of carboxylic acids is 1. The number of likely N-dealkylation sites (tertiary alicyclic amines) is 1. The zero-order valence-electron chi connectivity index (χ0n) is 11.2. The highest BCUT2D eigenvalue weighted by molar-refractivity contribution is 9.10. The first-order chi connectivity index (χ1) is 9.43. The SMILES string of the molecule is CC1(C(=O)O)CCCN1C(=O)C=Cc1cccc(Br)c1. The topological polar surface area (TPSA) is 57.6 Å². The Morgan fingerprint density at radius 2 is 2.20 bits per heavy atom. The number of amides is 1. The standard InChI is InChI=1S/C15H16BrNO3/c1-15(14(19)20)8-3-9-17(15)13(18)7-6-11-4-2-5-12(16)10-11/h2,4-7,10H,3,8-9H2,1H3,(H,19,20). The van der Waals surface area contributed by atoms with Crippen molar-refractivity contribution in [3.05, 3.63) is 40.4 Å². The van der Waals surface area contributed by atoms with Crippen LogP contribution in [0, 0.1) is 0 Å². The molecule has 2 rings (SSSR count). The lowest BCUT2D eigenvalue weighted by molar-refractivity contribution is -0.153. The largest absolute Gasteiger partial charge is 0.480 e. The highest BCUT2D eigenvalue weighted by Gasteiger charge is 2.45. The molecule has 0 radical (unpaired) electrons. The Balaban J connectivity index is 2.14. The second kappa shape index (κ2) is 5.79. The molecule has 1 saturated heterocycles. The molecule has 1 heterocycles. The van der Waals surface area contributed by atoms with Crippen LogP contribution in [-0.4, -0.2) is 34.0 Å². The molecule has 1 aromatic carbocycles. The van der Waals surface area contributed by atoms with Crippen LogP contribution in [0.25, 0.3) is 6.08 Å². The summed E-state index contributed by atoms with van der Waals surface area (Å²) in [6.45, 7) is 2.09. The van der Waals surface area contributed by atoms with Crippen LogP contribution in [0.4, 0.5) is 0 Å². The van der Waals surface area contributed by atoms with Gasteiger partial charge in [0.25, 0.3) is 0 Å². The Labute approximate surface area is 126 Å². The molecule has 0 saturated carbocycles. The summed E-state index contributed by atoms with van der Waals surface area (Å²) in [6, 6.07) is 7.56. The van der Waals surface area contributed by atoms with Gasteiger partial charge in [0.2, 0.25) is 5.91 Å². The Bertz CT molecular complexity index is 570. The van der Waals surface area contributed by atoms with Gasteiger partial charge in [-0.1, -0.05) is 28.1 Å². The first kappa shape index (κ1) is 14.8. The van der Waals surface area contributed by atoms with E-state index in [0.29, 0.717) is 13.0 Å². The van der Waals surface area contributed by atoms with E-state index in [2.05, 4.69) is 15.9 Å². The quantitative estimate of drug-likeness (QED) is 0.862. The van der Waals surface area contributed by atoms with Crippen molar-refractivity contribution in [3.8, 4) is 0 Å². The summed E-state index contributed by atoms with van der Waals surface area (Å²) in [5.41, 5.74) is -0.192. The van der Waals surface area contributed by atoms with E-state index in [1.807, 2.05) is 24.3 Å². The fraction of sp³-hybridized carbons (Fsp3) is 0.333. The average Bonchev–Trinajstić information content (AvgIpc) is 2.80. The smallest absolute Gasteiger partial charge is 0.329 e. The van der Waals surface area contributed by atoms with E-state index in [4.69, 9.17) is 0 Å². The van der Waals surface area contributed by atoms with Crippen LogP contribution in [0.2, 0.25) is 0 Å². The maximum Gasteiger partial charge on any atom is 0.329 e. The van der Waals surface area contributed by atoms with Crippen molar-refractivity contribution in [1.82, 2.24) is 4.90 Å². The number of carbonyl (C=O) groups is 2. The molecule has 1 atom stereocenters. The number of carbonyl (C=O) groups excluding carboxylic acids is 1. The molecule has 1 N–H and O–H groups in total. The van der Waals surface area contributed by atoms with Crippen LogP contribution in [0.5, 0.6) is 0 Å². The van der Waals surface area contributed by atoms with Crippen molar-refractivity contribution in [2.24, 2.45) is 0 Å². The number of carboxylic acid groups (broad SMARTS) is 1. The number of hydrogen-bond donors (Lipinski definition) is 1. The van der Waals surface area contributed by atoms with E-state index in [9.17, 15) is 14.7 Å². The number of nitrogens with zero attached hydrogens (tertiary/aromatic N) is 1. The number of aliphatic carboxylic acids is 1. The summed E-state index contributed by atoms with van der Waals surface area (Å²) < 4.78 is 0.934. The minimum Gasteiger partial charge on any atom is -0.480 e. The summed E-state index contributed by atoms with van der Waals surface area (Å²) in [7, 11) is 0. The van der Waals surface area contributed by atoms with E-state index in [1.165, 1.54) is 11.0 Å². The number of hydrogen-bond acceptors (Lipinski definition) is 2. The van der Waals surface area contributed by atoms with Gasteiger partial charge in [0.15, 0.2) is 0 Å². The van der Waals surface area contributed by atoms with Gasteiger partial charge in [-0.2, -0.15) is 0 Å². The maximum absolute atomic E-state index is 12.2. The first-order valence-corrected chi connectivity index (χ1v) is 7.21. The molecule has 1 amide bonds. The molecule has 0 aliphatic carbocycles. The van der Waals surface area contributed by atoms with Gasteiger partial charge in [0, 0.05) is 17.1 Å². The Morgan fingerprint density at radius 1 is 1.45 bits per heavy atom. The van der Waals surface area contributed by atoms with E-state index in [0.717, 1.165) is 16.5 Å². The van der Waals surface area contributed by atoms with Gasteiger partial charge in [0.05, 0.1) is 0 Å². The normalized spacial score (nSPS) is 22.4. The third kappa shape index (κ3) is 2.93. The highest BCUT2D eigenvalue weighted by Crippen LogP contribution is 2.29. The first-order valence-electron chi connectivity index (χ1n) is 6.42. The van der Waals surface area contributed by atoms with Crippen LogP contribution in [0.3, 0.4) is 0 Å². The fourth-order valence-electron chi connectivity index (χ4n) is 2.41. The molecule has 0 aromatic heterocycles. The summed E-state index contributed by atoms with van der Waals surface area (Å²) in [6.07, 6.45) is 4.36. The number of halogens is 1. The minimum absolute atomic E-state index is 0.257. The molecule has 1 aliphatic heterocycles. The predicted molar refractivity (Wildman–Crippen MR) is 80.2 cm³/mol. The molecule has 1 aromatic rings. The molecule has 1 unspecified atom stereocenters. The summed E-state index contributed by atoms with van der Waals surface area (Å²) in [5.74, 6) is -1.20. The average molecular weight is 338 g/mol. The van der Waals surface area contributed by atoms with Gasteiger partial charge in [-0.15, -0.1) is 0 Å². The highest BCUT2D eigenvalue weighted by atomic mass is 79.9. The van der Waals surface area contributed by atoms with Gasteiger partial charge >= 0.3 is 5.97 Å². The van der Waals surface area contributed by atoms with E-state index in [-0.39, 0.29) is 5.91 Å². The monoisotopic (exact) mass is 337 g/mol. The van der Waals surface area contributed by atoms with Crippen LogP contribution in [0.1, 0.15) is 25.3 Å². The molecule has 4 nitrogen and oxygen atoms in total. The lowest BCUT2D eigenvalue weighted by Gasteiger charge is -2.30. The zero-order chi connectivity index (χ0) is 14.8. The molecular formula is C15H16BrNO3. The Morgan fingerprint density at radius 3 is 2.85 bits per heavy atom. The number of rotatable bonds is 3. The van der Waals surface area contributed by atoms with Crippen LogP contribution in [0.15, 0.2) is 34.8 Å². The molecule has 0 bridgehead atoms.